The molecule has 0 atom stereocenters. The van der Waals surface area contributed by atoms with E-state index in [1.165, 1.54) is 0 Å². The molecule has 0 spiro atoms. The van der Waals surface area contributed by atoms with E-state index in [9.17, 15) is 4.79 Å². The molecule has 0 bridgehead atoms. The summed E-state index contributed by atoms with van der Waals surface area (Å²) >= 11 is 0. The van der Waals surface area contributed by atoms with Gasteiger partial charge in [-0.05, 0) is 43.2 Å². The van der Waals surface area contributed by atoms with Crippen molar-refractivity contribution in [2.24, 2.45) is 7.05 Å². The van der Waals surface area contributed by atoms with Gasteiger partial charge in [-0.15, -0.1) is 0 Å². The standard InChI is InChI=1S/C17H17N3O/c1-11-7-8-12(2)15(9-11)19-17(21)13-5-4-6-14-16(13)20(3)10-18-14/h4-10H,1-3H3,(H,19,21). The van der Waals surface area contributed by atoms with Crippen LogP contribution < -0.4 is 5.32 Å². The van der Waals surface area contributed by atoms with E-state index in [1.807, 2.05) is 61.9 Å². The van der Waals surface area contributed by atoms with E-state index in [1.54, 1.807) is 6.33 Å². The van der Waals surface area contributed by atoms with Gasteiger partial charge in [0.15, 0.2) is 0 Å². The quantitative estimate of drug-likeness (QED) is 0.781. The van der Waals surface area contributed by atoms with Crippen molar-refractivity contribution in [3.05, 3.63) is 59.4 Å². The first kappa shape index (κ1) is 13.4. The highest BCUT2D eigenvalue weighted by Gasteiger charge is 2.14. The highest BCUT2D eigenvalue weighted by molar-refractivity contribution is 6.11. The number of carbonyl (C=O) groups excluding carboxylic acids is 1. The van der Waals surface area contributed by atoms with Gasteiger partial charge in [0.25, 0.3) is 5.91 Å². The molecule has 0 fully saturated rings. The van der Waals surface area contributed by atoms with Gasteiger partial charge in [0, 0.05) is 12.7 Å². The first-order chi connectivity index (χ1) is 10.1. The Bertz CT molecular complexity index is 833. The summed E-state index contributed by atoms with van der Waals surface area (Å²) in [6, 6.07) is 11.6. The molecule has 0 saturated heterocycles. The highest BCUT2D eigenvalue weighted by atomic mass is 16.1. The van der Waals surface area contributed by atoms with E-state index in [-0.39, 0.29) is 5.91 Å². The molecule has 0 aliphatic heterocycles. The first-order valence-electron chi connectivity index (χ1n) is 6.85. The summed E-state index contributed by atoms with van der Waals surface area (Å²) in [4.78, 5) is 16.9. The van der Waals surface area contributed by atoms with Crippen LogP contribution in [-0.2, 0) is 7.05 Å². The number of amides is 1. The number of aryl methyl sites for hydroxylation is 3. The van der Waals surface area contributed by atoms with Gasteiger partial charge in [0.1, 0.15) is 0 Å². The number of anilines is 1. The van der Waals surface area contributed by atoms with Crippen molar-refractivity contribution < 1.29 is 4.79 Å². The summed E-state index contributed by atoms with van der Waals surface area (Å²) in [5, 5.41) is 3.00. The summed E-state index contributed by atoms with van der Waals surface area (Å²) in [7, 11) is 1.89. The van der Waals surface area contributed by atoms with E-state index >= 15 is 0 Å². The number of nitrogens with one attached hydrogen (secondary N) is 1. The van der Waals surface area contributed by atoms with Crippen molar-refractivity contribution in [2.75, 3.05) is 5.32 Å². The molecule has 4 heteroatoms. The minimum atomic E-state index is -0.113. The number of aromatic nitrogens is 2. The maximum atomic E-state index is 12.6. The molecule has 1 heterocycles. The number of hydrogen-bond acceptors (Lipinski definition) is 2. The van der Waals surface area contributed by atoms with Gasteiger partial charge in [-0.3, -0.25) is 4.79 Å². The largest absolute Gasteiger partial charge is 0.333 e. The Kier molecular flexibility index (Phi) is 3.22. The number of rotatable bonds is 2. The second-order valence-corrected chi connectivity index (χ2v) is 5.30. The molecule has 0 saturated carbocycles. The molecule has 1 amide bonds. The Morgan fingerprint density at radius 2 is 2.00 bits per heavy atom. The van der Waals surface area contributed by atoms with Crippen LogP contribution in [0.25, 0.3) is 11.0 Å². The summed E-state index contributed by atoms with van der Waals surface area (Å²) < 4.78 is 1.87. The van der Waals surface area contributed by atoms with Gasteiger partial charge in [-0.25, -0.2) is 4.98 Å². The van der Waals surface area contributed by atoms with E-state index in [0.717, 1.165) is 27.8 Å². The fraction of sp³-hybridized carbons (Fsp3) is 0.176. The lowest BCUT2D eigenvalue weighted by Crippen LogP contribution is -2.14. The van der Waals surface area contributed by atoms with Crippen molar-refractivity contribution >= 4 is 22.6 Å². The molecule has 1 aromatic heterocycles. The van der Waals surface area contributed by atoms with Gasteiger partial charge in [0.05, 0.1) is 22.9 Å². The first-order valence-corrected chi connectivity index (χ1v) is 6.85. The molecule has 0 aliphatic carbocycles. The fourth-order valence-electron chi connectivity index (χ4n) is 2.46. The molecule has 0 aliphatic rings. The average molecular weight is 279 g/mol. The molecule has 0 unspecified atom stereocenters. The predicted molar refractivity (Wildman–Crippen MR) is 84.6 cm³/mol. The molecular weight excluding hydrogens is 262 g/mol. The normalized spacial score (nSPS) is 10.8. The van der Waals surface area contributed by atoms with Crippen LogP contribution in [0.4, 0.5) is 5.69 Å². The number of benzene rings is 2. The summed E-state index contributed by atoms with van der Waals surface area (Å²) in [5.74, 6) is -0.113. The van der Waals surface area contributed by atoms with Crippen LogP contribution in [0.15, 0.2) is 42.7 Å². The number of nitrogens with zero attached hydrogens (tertiary/aromatic N) is 2. The van der Waals surface area contributed by atoms with E-state index < -0.39 is 0 Å². The Morgan fingerprint density at radius 3 is 2.81 bits per heavy atom. The number of fused-ring (bicyclic) bond motifs is 1. The van der Waals surface area contributed by atoms with Crippen molar-refractivity contribution in [1.82, 2.24) is 9.55 Å². The zero-order chi connectivity index (χ0) is 15.0. The molecule has 4 nitrogen and oxygen atoms in total. The van der Waals surface area contributed by atoms with Gasteiger partial charge < -0.3 is 9.88 Å². The van der Waals surface area contributed by atoms with Crippen molar-refractivity contribution in [3.63, 3.8) is 0 Å². The lowest BCUT2D eigenvalue weighted by atomic mass is 10.1. The van der Waals surface area contributed by atoms with Crippen molar-refractivity contribution in [2.45, 2.75) is 13.8 Å². The average Bonchev–Trinajstić information content (AvgIpc) is 2.84. The molecule has 0 radical (unpaired) electrons. The van der Waals surface area contributed by atoms with Crippen LogP contribution in [0.3, 0.4) is 0 Å². The van der Waals surface area contributed by atoms with Crippen LogP contribution in [-0.4, -0.2) is 15.5 Å². The van der Waals surface area contributed by atoms with Gasteiger partial charge in [-0.1, -0.05) is 18.2 Å². The Hall–Kier alpha value is -2.62. The molecule has 21 heavy (non-hydrogen) atoms. The maximum absolute atomic E-state index is 12.6. The van der Waals surface area contributed by atoms with Crippen LogP contribution in [0, 0.1) is 13.8 Å². The van der Waals surface area contributed by atoms with Crippen LogP contribution in [0.2, 0.25) is 0 Å². The SMILES string of the molecule is Cc1ccc(C)c(NC(=O)c2cccc3ncn(C)c23)c1. The third-order valence-corrected chi connectivity index (χ3v) is 3.62. The summed E-state index contributed by atoms with van der Waals surface area (Å²) in [5.41, 5.74) is 5.32. The Balaban J connectivity index is 2.01. The number of carbonyl (C=O) groups is 1. The monoisotopic (exact) mass is 279 g/mol. The third kappa shape index (κ3) is 2.40. The third-order valence-electron chi connectivity index (χ3n) is 3.62. The zero-order valence-corrected chi connectivity index (χ0v) is 12.3. The Morgan fingerprint density at radius 1 is 1.19 bits per heavy atom. The molecule has 2 aromatic carbocycles. The van der Waals surface area contributed by atoms with Gasteiger partial charge in [-0.2, -0.15) is 0 Å². The second-order valence-electron chi connectivity index (χ2n) is 5.30. The minimum absolute atomic E-state index is 0.113. The lowest BCUT2D eigenvalue weighted by molar-refractivity contribution is 0.102. The van der Waals surface area contributed by atoms with Crippen molar-refractivity contribution in [3.8, 4) is 0 Å². The maximum Gasteiger partial charge on any atom is 0.257 e. The molecule has 1 N–H and O–H groups in total. The second kappa shape index (κ2) is 5.05. The van der Waals surface area contributed by atoms with Gasteiger partial charge in [0.2, 0.25) is 0 Å². The molecule has 3 aromatic rings. The van der Waals surface area contributed by atoms with Gasteiger partial charge >= 0.3 is 0 Å². The van der Waals surface area contributed by atoms with Crippen LogP contribution >= 0.6 is 0 Å². The molecule has 106 valence electrons. The van der Waals surface area contributed by atoms with Crippen LogP contribution in [0.5, 0.6) is 0 Å². The highest BCUT2D eigenvalue weighted by Crippen LogP contribution is 2.21. The number of imidazole rings is 1. The molecular formula is C17H17N3O. The summed E-state index contributed by atoms with van der Waals surface area (Å²) in [6.45, 7) is 4.00. The van der Waals surface area contributed by atoms with E-state index in [2.05, 4.69) is 10.3 Å². The fourth-order valence-corrected chi connectivity index (χ4v) is 2.46. The number of para-hydroxylation sites is 1. The molecule has 3 rings (SSSR count). The smallest absolute Gasteiger partial charge is 0.257 e. The predicted octanol–water partition coefficient (Wildman–Crippen LogP) is 3.44. The number of hydrogen-bond donors (Lipinski definition) is 1. The topological polar surface area (TPSA) is 46.9 Å². The Labute approximate surface area is 123 Å². The zero-order valence-electron chi connectivity index (χ0n) is 12.3. The summed E-state index contributed by atoms with van der Waals surface area (Å²) in [6.07, 6.45) is 1.72. The minimum Gasteiger partial charge on any atom is -0.333 e. The van der Waals surface area contributed by atoms with Crippen molar-refractivity contribution in [1.29, 1.82) is 0 Å². The van der Waals surface area contributed by atoms with E-state index in [4.69, 9.17) is 0 Å². The lowest BCUT2D eigenvalue weighted by Gasteiger charge is -2.10. The van der Waals surface area contributed by atoms with E-state index in [0.29, 0.717) is 5.56 Å². The van der Waals surface area contributed by atoms with Crippen LogP contribution in [0.1, 0.15) is 21.5 Å².